The minimum absolute atomic E-state index is 0.472. The maximum Gasteiger partial charge on any atom is 0.195 e. The molecule has 0 amide bonds. The molecule has 4 nitrogen and oxygen atoms in total. The molecule has 0 bridgehead atoms. The minimum Gasteiger partial charge on any atom is -0.446 e. The maximum atomic E-state index is 5.64. The largest absolute Gasteiger partial charge is 0.446 e. The molecule has 0 saturated carbocycles. The van der Waals surface area contributed by atoms with Crippen LogP contribution < -0.4 is 5.32 Å². The van der Waals surface area contributed by atoms with Gasteiger partial charge in [-0.1, -0.05) is 13.8 Å². The van der Waals surface area contributed by atoms with Crippen LogP contribution in [-0.4, -0.2) is 31.8 Å². The van der Waals surface area contributed by atoms with Gasteiger partial charge in [-0.3, -0.25) is 0 Å². The number of ether oxygens (including phenoxy) is 1. The molecule has 0 aliphatic heterocycles. The van der Waals surface area contributed by atoms with Gasteiger partial charge in [-0.2, -0.15) is 0 Å². The Morgan fingerprint density at radius 1 is 1.56 bits per heavy atom. The fourth-order valence-corrected chi connectivity index (χ4v) is 1.62. The van der Waals surface area contributed by atoms with Crippen molar-refractivity contribution in [3.05, 3.63) is 17.8 Å². The molecule has 0 radical (unpaired) electrons. The van der Waals surface area contributed by atoms with Crippen LogP contribution in [0, 0.1) is 5.92 Å². The average Bonchev–Trinajstić information content (AvgIpc) is 2.66. The lowest BCUT2D eigenvalue weighted by Crippen LogP contribution is -2.16. The minimum atomic E-state index is 0.472. The van der Waals surface area contributed by atoms with Crippen LogP contribution in [0.25, 0.3) is 0 Å². The maximum absolute atomic E-state index is 5.64. The second-order valence-corrected chi connectivity index (χ2v) is 4.09. The predicted molar refractivity (Wildman–Crippen MR) is 63.5 cm³/mol. The van der Waals surface area contributed by atoms with Crippen LogP contribution in [0.1, 0.15) is 25.5 Å². The molecule has 1 atom stereocenters. The van der Waals surface area contributed by atoms with E-state index in [9.17, 15) is 0 Å². The fourth-order valence-electron chi connectivity index (χ4n) is 1.62. The number of likely N-dealkylation sites (N-methyl/N-ethyl adjacent to an activating group) is 1. The monoisotopic (exact) mass is 226 g/mol. The first-order valence-corrected chi connectivity index (χ1v) is 5.89. The molecule has 1 unspecified atom stereocenters. The first-order chi connectivity index (χ1) is 7.76. The van der Waals surface area contributed by atoms with Crippen LogP contribution >= 0.6 is 0 Å². The Bertz CT molecular complexity index is 286. The molecule has 4 heteroatoms. The van der Waals surface area contributed by atoms with Crippen molar-refractivity contribution in [1.29, 1.82) is 0 Å². The smallest absolute Gasteiger partial charge is 0.195 e. The summed E-state index contributed by atoms with van der Waals surface area (Å²) in [4.78, 5) is 4.25. The standard InChI is InChI=1S/C12H22N2O2/c1-4-13-6-5-12-14-8-11(16-12)7-10(2)9-15-3/h8,10,13H,4-7,9H2,1-3H3. The van der Waals surface area contributed by atoms with Gasteiger partial charge in [0.2, 0.25) is 0 Å². The normalized spacial score (nSPS) is 12.9. The van der Waals surface area contributed by atoms with Gasteiger partial charge in [0, 0.05) is 33.1 Å². The van der Waals surface area contributed by atoms with Gasteiger partial charge in [-0.25, -0.2) is 4.98 Å². The second-order valence-electron chi connectivity index (χ2n) is 4.09. The van der Waals surface area contributed by atoms with Crippen molar-refractivity contribution in [3.63, 3.8) is 0 Å². The van der Waals surface area contributed by atoms with E-state index in [1.165, 1.54) is 0 Å². The molecular formula is C12H22N2O2. The topological polar surface area (TPSA) is 47.3 Å². The molecular weight excluding hydrogens is 204 g/mol. The Morgan fingerprint density at radius 2 is 2.38 bits per heavy atom. The summed E-state index contributed by atoms with van der Waals surface area (Å²) in [5.74, 6) is 2.25. The van der Waals surface area contributed by atoms with Crippen LogP contribution in [0.15, 0.2) is 10.6 Å². The Balaban J connectivity index is 2.33. The summed E-state index contributed by atoms with van der Waals surface area (Å²) in [5, 5.41) is 3.25. The molecule has 0 spiro atoms. The van der Waals surface area contributed by atoms with Crippen molar-refractivity contribution >= 4 is 0 Å². The average molecular weight is 226 g/mol. The molecule has 0 aliphatic rings. The van der Waals surface area contributed by atoms with E-state index < -0.39 is 0 Å². The van der Waals surface area contributed by atoms with E-state index in [4.69, 9.17) is 9.15 Å². The summed E-state index contributed by atoms with van der Waals surface area (Å²) in [6.45, 7) is 6.90. The zero-order valence-corrected chi connectivity index (χ0v) is 10.5. The third-order valence-corrected chi connectivity index (χ3v) is 2.37. The molecule has 0 aliphatic carbocycles. The van der Waals surface area contributed by atoms with E-state index in [2.05, 4.69) is 24.1 Å². The van der Waals surface area contributed by atoms with Crippen molar-refractivity contribution in [2.24, 2.45) is 5.92 Å². The summed E-state index contributed by atoms with van der Waals surface area (Å²) in [6.07, 6.45) is 3.57. The molecule has 1 N–H and O–H groups in total. The highest BCUT2D eigenvalue weighted by Gasteiger charge is 2.08. The Morgan fingerprint density at radius 3 is 3.06 bits per heavy atom. The highest BCUT2D eigenvalue weighted by atomic mass is 16.5. The van der Waals surface area contributed by atoms with Crippen molar-refractivity contribution < 1.29 is 9.15 Å². The van der Waals surface area contributed by atoms with Gasteiger partial charge < -0.3 is 14.5 Å². The number of methoxy groups -OCH3 is 1. The zero-order valence-electron chi connectivity index (χ0n) is 10.5. The molecule has 0 aromatic carbocycles. The number of rotatable bonds is 8. The molecule has 1 aromatic rings. The van der Waals surface area contributed by atoms with Crippen molar-refractivity contribution in [3.8, 4) is 0 Å². The third-order valence-electron chi connectivity index (χ3n) is 2.37. The Labute approximate surface area is 97.4 Å². The van der Waals surface area contributed by atoms with Crippen LogP contribution in [0.5, 0.6) is 0 Å². The second kappa shape index (κ2) is 7.41. The lowest BCUT2D eigenvalue weighted by atomic mass is 10.1. The number of hydrogen-bond donors (Lipinski definition) is 1. The number of aromatic nitrogens is 1. The summed E-state index contributed by atoms with van der Waals surface area (Å²) in [5.41, 5.74) is 0. The van der Waals surface area contributed by atoms with E-state index in [0.717, 1.165) is 44.2 Å². The zero-order chi connectivity index (χ0) is 11.8. The van der Waals surface area contributed by atoms with Crippen LogP contribution in [0.4, 0.5) is 0 Å². The molecule has 0 fully saturated rings. The van der Waals surface area contributed by atoms with Crippen molar-refractivity contribution in [2.75, 3.05) is 26.8 Å². The predicted octanol–water partition coefficient (Wildman–Crippen LogP) is 1.65. The van der Waals surface area contributed by atoms with E-state index >= 15 is 0 Å². The van der Waals surface area contributed by atoms with Crippen LogP contribution in [0.2, 0.25) is 0 Å². The van der Waals surface area contributed by atoms with Gasteiger partial charge >= 0.3 is 0 Å². The number of nitrogens with zero attached hydrogens (tertiary/aromatic N) is 1. The lowest BCUT2D eigenvalue weighted by Gasteiger charge is -2.06. The molecule has 92 valence electrons. The third kappa shape index (κ3) is 4.77. The van der Waals surface area contributed by atoms with E-state index in [-0.39, 0.29) is 0 Å². The van der Waals surface area contributed by atoms with Gasteiger partial charge in [0.1, 0.15) is 5.76 Å². The van der Waals surface area contributed by atoms with Crippen molar-refractivity contribution in [1.82, 2.24) is 10.3 Å². The highest BCUT2D eigenvalue weighted by molar-refractivity contribution is 4.95. The Hall–Kier alpha value is -0.870. The van der Waals surface area contributed by atoms with Gasteiger partial charge in [-0.05, 0) is 12.5 Å². The summed E-state index contributed by atoms with van der Waals surface area (Å²) < 4.78 is 10.7. The van der Waals surface area contributed by atoms with E-state index in [1.807, 2.05) is 6.20 Å². The SMILES string of the molecule is CCNCCc1ncc(CC(C)COC)o1. The fraction of sp³-hybridized carbons (Fsp3) is 0.750. The molecule has 0 saturated heterocycles. The lowest BCUT2D eigenvalue weighted by molar-refractivity contribution is 0.156. The number of nitrogens with one attached hydrogen (secondary N) is 1. The van der Waals surface area contributed by atoms with E-state index in [1.54, 1.807) is 7.11 Å². The summed E-state index contributed by atoms with van der Waals surface area (Å²) in [6, 6.07) is 0. The highest BCUT2D eigenvalue weighted by Crippen LogP contribution is 2.10. The van der Waals surface area contributed by atoms with Gasteiger partial charge in [-0.15, -0.1) is 0 Å². The number of hydrogen-bond acceptors (Lipinski definition) is 4. The summed E-state index contributed by atoms with van der Waals surface area (Å²) >= 11 is 0. The van der Waals surface area contributed by atoms with Crippen LogP contribution in [0.3, 0.4) is 0 Å². The Kier molecular flexibility index (Phi) is 6.11. The summed E-state index contributed by atoms with van der Waals surface area (Å²) in [7, 11) is 1.72. The first kappa shape index (κ1) is 13.2. The van der Waals surface area contributed by atoms with Gasteiger partial charge in [0.05, 0.1) is 6.20 Å². The number of oxazole rings is 1. The quantitative estimate of drug-likeness (QED) is 0.685. The molecule has 16 heavy (non-hydrogen) atoms. The molecule has 1 heterocycles. The first-order valence-electron chi connectivity index (χ1n) is 5.89. The van der Waals surface area contributed by atoms with Crippen LogP contribution in [-0.2, 0) is 17.6 Å². The van der Waals surface area contributed by atoms with E-state index in [0.29, 0.717) is 5.92 Å². The molecule has 1 aromatic heterocycles. The van der Waals surface area contributed by atoms with Gasteiger partial charge in [0.15, 0.2) is 5.89 Å². The van der Waals surface area contributed by atoms with Crippen molar-refractivity contribution in [2.45, 2.75) is 26.7 Å². The van der Waals surface area contributed by atoms with Gasteiger partial charge in [0.25, 0.3) is 0 Å². The molecule has 1 rings (SSSR count).